The molecule has 0 spiro atoms. The van der Waals surface area contributed by atoms with Crippen LogP contribution < -0.4 is 0 Å². The van der Waals surface area contributed by atoms with Crippen molar-refractivity contribution < 1.29 is 22.8 Å². The van der Waals surface area contributed by atoms with Crippen LogP contribution in [-0.4, -0.2) is 53.0 Å². The molecule has 0 unspecified atom stereocenters. The first-order valence-corrected chi connectivity index (χ1v) is 6.85. The molecule has 1 atom stereocenters. The number of nitrogens with zero attached hydrogens (tertiary/aromatic N) is 2. The van der Waals surface area contributed by atoms with E-state index >= 15 is 0 Å². The van der Waals surface area contributed by atoms with Crippen molar-refractivity contribution in [2.45, 2.75) is 51.4 Å². The highest BCUT2D eigenvalue weighted by Gasteiger charge is 2.45. The Balaban J connectivity index is 2.04. The number of rotatable bonds is 4. The van der Waals surface area contributed by atoms with Gasteiger partial charge < -0.3 is 9.80 Å². The van der Waals surface area contributed by atoms with Gasteiger partial charge in [0.15, 0.2) is 0 Å². The number of carbonyl (C=O) groups excluding carboxylic acids is 2. The van der Waals surface area contributed by atoms with Gasteiger partial charge in [-0.25, -0.2) is 0 Å². The molecule has 2 amide bonds. The Kier molecular flexibility index (Phi) is 3.97. The summed E-state index contributed by atoms with van der Waals surface area (Å²) in [5.41, 5.74) is 0. The van der Waals surface area contributed by atoms with Crippen molar-refractivity contribution in [2.24, 2.45) is 5.92 Å². The molecule has 1 saturated carbocycles. The fourth-order valence-electron chi connectivity index (χ4n) is 2.60. The third-order valence-corrected chi connectivity index (χ3v) is 3.75. The molecule has 0 N–H and O–H groups in total. The Morgan fingerprint density at radius 1 is 1.40 bits per heavy atom. The van der Waals surface area contributed by atoms with E-state index in [1.807, 2.05) is 13.8 Å². The van der Waals surface area contributed by atoms with Gasteiger partial charge in [0, 0.05) is 25.0 Å². The lowest BCUT2D eigenvalue weighted by molar-refractivity contribution is -0.164. The maximum absolute atomic E-state index is 12.6. The van der Waals surface area contributed by atoms with Gasteiger partial charge in [-0.1, -0.05) is 0 Å². The number of halogens is 3. The van der Waals surface area contributed by atoms with Crippen LogP contribution in [0, 0.1) is 5.92 Å². The summed E-state index contributed by atoms with van der Waals surface area (Å²) in [6.45, 7) is 2.69. The second kappa shape index (κ2) is 5.26. The summed E-state index contributed by atoms with van der Waals surface area (Å²) < 4.78 is 37.7. The third kappa shape index (κ3) is 3.43. The lowest BCUT2D eigenvalue weighted by Gasteiger charge is -2.27. The van der Waals surface area contributed by atoms with E-state index < -0.39 is 24.5 Å². The molecule has 1 saturated heterocycles. The molecule has 4 nitrogen and oxygen atoms in total. The Labute approximate surface area is 115 Å². The Bertz CT molecular complexity index is 405. The summed E-state index contributed by atoms with van der Waals surface area (Å²) in [6.07, 6.45) is -3.12. The standard InChI is InChI=1S/C13H19F3N2O2/c1-8(2)17-6-9(5-11(17)19)12(20)18(10-3-4-10)7-13(14,15)16/h8-10H,3-7H2,1-2H3/t9-/m1/s1. The van der Waals surface area contributed by atoms with Gasteiger partial charge in [0.25, 0.3) is 0 Å². The van der Waals surface area contributed by atoms with Crippen LogP contribution in [0.25, 0.3) is 0 Å². The van der Waals surface area contributed by atoms with Crippen LogP contribution in [0.3, 0.4) is 0 Å². The summed E-state index contributed by atoms with van der Waals surface area (Å²) in [7, 11) is 0. The number of hydrogen-bond donors (Lipinski definition) is 0. The first-order valence-electron chi connectivity index (χ1n) is 6.85. The number of carbonyl (C=O) groups is 2. The fourth-order valence-corrected chi connectivity index (χ4v) is 2.60. The quantitative estimate of drug-likeness (QED) is 0.792. The van der Waals surface area contributed by atoms with Crippen molar-refractivity contribution in [3.8, 4) is 0 Å². The molecular weight excluding hydrogens is 273 g/mol. The zero-order valence-electron chi connectivity index (χ0n) is 11.6. The smallest absolute Gasteiger partial charge is 0.339 e. The number of likely N-dealkylation sites (tertiary alicyclic amines) is 1. The number of amides is 2. The first kappa shape index (κ1) is 15.1. The van der Waals surface area contributed by atoms with E-state index in [1.54, 1.807) is 4.90 Å². The van der Waals surface area contributed by atoms with Crippen LogP contribution in [-0.2, 0) is 9.59 Å². The van der Waals surface area contributed by atoms with E-state index in [9.17, 15) is 22.8 Å². The third-order valence-electron chi connectivity index (χ3n) is 3.75. The van der Waals surface area contributed by atoms with E-state index in [0.717, 1.165) is 4.90 Å². The second-order valence-electron chi connectivity index (χ2n) is 5.85. The van der Waals surface area contributed by atoms with Crippen molar-refractivity contribution in [1.82, 2.24) is 9.80 Å². The maximum Gasteiger partial charge on any atom is 0.406 e. The first-order chi connectivity index (χ1) is 9.19. The van der Waals surface area contributed by atoms with Gasteiger partial charge in [-0.05, 0) is 26.7 Å². The van der Waals surface area contributed by atoms with E-state index in [1.165, 1.54) is 0 Å². The fraction of sp³-hybridized carbons (Fsp3) is 0.846. The molecule has 1 aliphatic heterocycles. The van der Waals surface area contributed by atoms with Crippen LogP contribution in [0.15, 0.2) is 0 Å². The summed E-state index contributed by atoms with van der Waals surface area (Å²) in [5.74, 6) is -1.31. The predicted molar refractivity (Wildman–Crippen MR) is 65.7 cm³/mol. The van der Waals surface area contributed by atoms with Crippen molar-refractivity contribution in [3.63, 3.8) is 0 Å². The molecule has 0 aromatic carbocycles. The van der Waals surface area contributed by atoms with Gasteiger partial charge in [-0.3, -0.25) is 9.59 Å². The van der Waals surface area contributed by atoms with E-state index in [0.29, 0.717) is 12.8 Å². The maximum atomic E-state index is 12.6. The van der Waals surface area contributed by atoms with Crippen molar-refractivity contribution in [3.05, 3.63) is 0 Å². The van der Waals surface area contributed by atoms with Gasteiger partial charge in [0.05, 0.1) is 5.92 Å². The minimum absolute atomic E-state index is 0.0259. The molecule has 7 heteroatoms. The van der Waals surface area contributed by atoms with Crippen LogP contribution >= 0.6 is 0 Å². The van der Waals surface area contributed by atoms with Gasteiger partial charge in [0.1, 0.15) is 6.54 Å². The second-order valence-corrected chi connectivity index (χ2v) is 5.85. The van der Waals surface area contributed by atoms with E-state index in [4.69, 9.17) is 0 Å². The van der Waals surface area contributed by atoms with Gasteiger partial charge in [0.2, 0.25) is 11.8 Å². The minimum Gasteiger partial charge on any atom is -0.339 e. The van der Waals surface area contributed by atoms with Crippen LogP contribution in [0.4, 0.5) is 13.2 Å². The molecule has 0 bridgehead atoms. The highest BCUT2D eigenvalue weighted by molar-refractivity contribution is 5.89. The molecular formula is C13H19F3N2O2. The van der Waals surface area contributed by atoms with E-state index in [-0.39, 0.29) is 31.0 Å². The van der Waals surface area contributed by atoms with Gasteiger partial charge in [-0.2, -0.15) is 13.2 Å². The highest BCUT2D eigenvalue weighted by Crippen LogP contribution is 2.33. The van der Waals surface area contributed by atoms with E-state index in [2.05, 4.69) is 0 Å². The normalized spacial score (nSPS) is 23.6. The molecule has 2 aliphatic rings. The summed E-state index contributed by atoms with van der Waals surface area (Å²) in [6, 6.07) is -0.329. The monoisotopic (exact) mass is 292 g/mol. The average molecular weight is 292 g/mol. The number of hydrogen-bond acceptors (Lipinski definition) is 2. The molecule has 20 heavy (non-hydrogen) atoms. The molecule has 2 rings (SSSR count). The van der Waals surface area contributed by atoms with Crippen LogP contribution in [0.5, 0.6) is 0 Å². The Hall–Kier alpha value is -1.27. The van der Waals surface area contributed by atoms with Crippen LogP contribution in [0.1, 0.15) is 33.1 Å². The lowest BCUT2D eigenvalue weighted by Crippen LogP contribution is -2.44. The Morgan fingerprint density at radius 2 is 2.00 bits per heavy atom. The molecule has 1 aliphatic carbocycles. The van der Waals surface area contributed by atoms with Gasteiger partial charge in [-0.15, -0.1) is 0 Å². The van der Waals surface area contributed by atoms with Crippen LogP contribution in [0.2, 0.25) is 0 Å². The average Bonchev–Trinajstić information content (AvgIpc) is 3.06. The Morgan fingerprint density at radius 3 is 2.40 bits per heavy atom. The molecule has 114 valence electrons. The largest absolute Gasteiger partial charge is 0.406 e. The molecule has 0 radical (unpaired) electrons. The SMILES string of the molecule is CC(C)N1C[C@H](C(=O)N(CC(F)(F)F)C2CC2)CC1=O. The summed E-state index contributed by atoms with van der Waals surface area (Å²) >= 11 is 0. The zero-order valence-corrected chi connectivity index (χ0v) is 11.6. The molecule has 1 heterocycles. The predicted octanol–water partition coefficient (Wildman–Crippen LogP) is 1.80. The zero-order chi connectivity index (χ0) is 15.1. The molecule has 0 aromatic rings. The summed E-state index contributed by atoms with van der Waals surface area (Å²) in [5, 5.41) is 0. The highest BCUT2D eigenvalue weighted by atomic mass is 19.4. The van der Waals surface area contributed by atoms with Gasteiger partial charge >= 0.3 is 6.18 Å². The minimum atomic E-state index is -4.39. The summed E-state index contributed by atoms with van der Waals surface area (Å²) in [4.78, 5) is 26.5. The van der Waals surface area contributed by atoms with Crippen molar-refractivity contribution >= 4 is 11.8 Å². The molecule has 2 fully saturated rings. The topological polar surface area (TPSA) is 40.6 Å². The molecule has 0 aromatic heterocycles. The number of alkyl halides is 3. The lowest BCUT2D eigenvalue weighted by atomic mass is 10.1. The van der Waals surface area contributed by atoms with Crippen molar-refractivity contribution in [2.75, 3.05) is 13.1 Å². The van der Waals surface area contributed by atoms with Crippen molar-refractivity contribution in [1.29, 1.82) is 0 Å².